The molecule has 0 saturated carbocycles. The van der Waals surface area contributed by atoms with Gasteiger partial charge in [0, 0.05) is 6.54 Å². The molecule has 1 aliphatic heterocycles. The van der Waals surface area contributed by atoms with Gasteiger partial charge in [-0.05, 0) is 18.5 Å². The molecule has 46 valence electrons. The van der Waals surface area contributed by atoms with E-state index in [1.807, 2.05) is 0 Å². The zero-order valence-corrected chi connectivity index (χ0v) is 5.57. The SMILES string of the molecule is CC(C)C1=CNCC1. The molecule has 0 spiro atoms. The second-order valence-electron chi connectivity index (χ2n) is 2.58. The van der Waals surface area contributed by atoms with Gasteiger partial charge in [-0.2, -0.15) is 0 Å². The van der Waals surface area contributed by atoms with E-state index in [2.05, 4.69) is 25.4 Å². The number of nitrogens with one attached hydrogen (secondary N) is 1. The van der Waals surface area contributed by atoms with Crippen LogP contribution in [0.4, 0.5) is 0 Å². The third-order valence-corrected chi connectivity index (χ3v) is 1.59. The van der Waals surface area contributed by atoms with Crippen LogP contribution in [0.3, 0.4) is 0 Å². The van der Waals surface area contributed by atoms with Crippen molar-refractivity contribution < 1.29 is 0 Å². The molecule has 0 radical (unpaired) electrons. The second-order valence-corrected chi connectivity index (χ2v) is 2.58. The fourth-order valence-corrected chi connectivity index (χ4v) is 0.947. The highest BCUT2D eigenvalue weighted by atomic mass is 14.8. The smallest absolute Gasteiger partial charge is 0.0179 e. The first-order valence-corrected chi connectivity index (χ1v) is 3.23. The molecule has 0 amide bonds. The van der Waals surface area contributed by atoms with Gasteiger partial charge in [0.2, 0.25) is 0 Å². The Hall–Kier alpha value is -0.460. The quantitative estimate of drug-likeness (QED) is 0.541. The van der Waals surface area contributed by atoms with Crippen molar-refractivity contribution >= 4 is 0 Å². The number of hydrogen-bond donors (Lipinski definition) is 1. The van der Waals surface area contributed by atoms with Crippen molar-refractivity contribution in [3.8, 4) is 0 Å². The first-order chi connectivity index (χ1) is 3.80. The Labute approximate surface area is 50.8 Å². The van der Waals surface area contributed by atoms with Gasteiger partial charge in [-0.3, -0.25) is 0 Å². The van der Waals surface area contributed by atoms with Crippen molar-refractivity contribution in [1.29, 1.82) is 0 Å². The highest BCUT2D eigenvalue weighted by molar-refractivity contribution is 5.08. The fraction of sp³-hybridized carbons (Fsp3) is 0.714. The normalized spacial score (nSPS) is 18.6. The second kappa shape index (κ2) is 2.21. The van der Waals surface area contributed by atoms with Crippen LogP contribution in [0.1, 0.15) is 20.3 Å². The molecule has 0 aromatic carbocycles. The summed E-state index contributed by atoms with van der Waals surface area (Å²) in [6, 6.07) is 0. The van der Waals surface area contributed by atoms with Crippen LogP contribution in [0.2, 0.25) is 0 Å². The van der Waals surface area contributed by atoms with Crippen molar-refractivity contribution in [3.63, 3.8) is 0 Å². The average molecular weight is 111 g/mol. The molecule has 0 atom stereocenters. The summed E-state index contributed by atoms with van der Waals surface area (Å²) in [7, 11) is 0. The molecular weight excluding hydrogens is 98.1 g/mol. The van der Waals surface area contributed by atoms with Crippen molar-refractivity contribution in [2.75, 3.05) is 6.54 Å². The predicted octanol–water partition coefficient (Wildman–Crippen LogP) is 1.52. The van der Waals surface area contributed by atoms with E-state index in [0.29, 0.717) is 0 Å². The van der Waals surface area contributed by atoms with Gasteiger partial charge >= 0.3 is 0 Å². The number of hydrogen-bond acceptors (Lipinski definition) is 1. The maximum absolute atomic E-state index is 3.19. The van der Waals surface area contributed by atoms with Gasteiger partial charge in [0.05, 0.1) is 0 Å². The molecule has 0 fully saturated rings. The van der Waals surface area contributed by atoms with Crippen LogP contribution in [0.25, 0.3) is 0 Å². The lowest BCUT2D eigenvalue weighted by molar-refractivity contribution is 0.736. The maximum atomic E-state index is 3.19. The summed E-state index contributed by atoms with van der Waals surface area (Å²) in [5.74, 6) is 0.741. The predicted molar refractivity (Wildman–Crippen MR) is 35.5 cm³/mol. The fourth-order valence-electron chi connectivity index (χ4n) is 0.947. The first kappa shape index (κ1) is 5.67. The van der Waals surface area contributed by atoms with Crippen molar-refractivity contribution in [2.45, 2.75) is 20.3 Å². The summed E-state index contributed by atoms with van der Waals surface area (Å²) < 4.78 is 0. The minimum absolute atomic E-state index is 0.741. The minimum atomic E-state index is 0.741. The molecule has 0 aromatic heterocycles. The van der Waals surface area contributed by atoms with E-state index in [-0.39, 0.29) is 0 Å². The molecule has 1 heteroatoms. The number of rotatable bonds is 1. The lowest BCUT2D eigenvalue weighted by atomic mass is 10.0. The Morgan fingerprint density at radius 2 is 2.38 bits per heavy atom. The highest BCUT2D eigenvalue weighted by Gasteiger charge is 2.05. The summed E-state index contributed by atoms with van der Waals surface area (Å²) in [4.78, 5) is 0. The van der Waals surface area contributed by atoms with E-state index in [9.17, 15) is 0 Å². The van der Waals surface area contributed by atoms with Gasteiger partial charge in [-0.25, -0.2) is 0 Å². The Balaban J connectivity index is 2.45. The average Bonchev–Trinajstić information content (AvgIpc) is 2.12. The standard InChI is InChI=1S/C7H13N/c1-6(2)7-3-4-8-5-7/h5-6,8H,3-4H2,1-2H3. The van der Waals surface area contributed by atoms with E-state index in [1.165, 1.54) is 6.42 Å². The summed E-state index contributed by atoms with van der Waals surface area (Å²) in [6.07, 6.45) is 3.39. The monoisotopic (exact) mass is 111 g/mol. The van der Waals surface area contributed by atoms with E-state index < -0.39 is 0 Å². The molecule has 8 heavy (non-hydrogen) atoms. The van der Waals surface area contributed by atoms with Crippen LogP contribution < -0.4 is 5.32 Å². The van der Waals surface area contributed by atoms with Crippen molar-refractivity contribution in [3.05, 3.63) is 11.8 Å². The summed E-state index contributed by atoms with van der Waals surface area (Å²) in [6.45, 7) is 5.62. The highest BCUT2D eigenvalue weighted by Crippen LogP contribution is 2.14. The zero-order valence-electron chi connectivity index (χ0n) is 5.57. The van der Waals surface area contributed by atoms with E-state index in [0.717, 1.165) is 12.5 Å². The van der Waals surface area contributed by atoms with Crippen LogP contribution in [-0.2, 0) is 0 Å². The molecule has 0 aliphatic carbocycles. The van der Waals surface area contributed by atoms with Crippen LogP contribution in [0.5, 0.6) is 0 Å². The van der Waals surface area contributed by atoms with E-state index >= 15 is 0 Å². The lowest BCUT2D eigenvalue weighted by Crippen LogP contribution is -1.96. The molecule has 1 rings (SSSR count). The van der Waals surface area contributed by atoms with Crippen LogP contribution in [-0.4, -0.2) is 6.54 Å². The molecule has 1 N–H and O–H groups in total. The largest absolute Gasteiger partial charge is 0.391 e. The van der Waals surface area contributed by atoms with Crippen LogP contribution in [0.15, 0.2) is 11.8 Å². The lowest BCUT2D eigenvalue weighted by Gasteiger charge is -2.01. The van der Waals surface area contributed by atoms with Crippen molar-refractivity contribution in [1.82, 2.24) is 5.32 Å². The molecule has 1 aliphatic rings. The van der Waals surface area contributed by atoms with Crippen molar-refractivity contribution in [2.24, 2.45) is 5.92 Å². The van der Waals surface area contributed by atoms with Gasteiger partial charge in [-0.1, -0.05) is 19.4 Å². The molecule has 0 bridgehead atoms. The Morgan fingerprint density at radius 3 is 2.62 bits per heavy atom. The summed E-state index contributed by atoms with van der Waals surface area (Å²) in [5, 5.41) is 3.19. The van der Waals surface area contributed by atoms with E-state index in [4.69, 9.17) is 0 Å². The Bertz CT molecular complexity index is 103. The minimum Gasteiger partial charge on any atom is -0.391 e. The third-order valence-electron chi connectivity index (χ3n) is 1.59. The molecule has 0 saturated heterocycles. The topological polar surface area (TPSA) is 12.0 Å². The van der Waals surface area contributed by atoms with Gasteiger partial charge < -0.3 is 5.32 Å². The Morgan fingerprint density at radius 1 is 1.62 bits per heavy atom. The van der Waals surface area contributed by atoms with Gasteiger partial charge in [0.25, 0.3) is 0 Å². The van der Waals surface area contributed by atoms with E-state index in [1.54, 1.807) is 5.57 Å². The summed E-state index contributed by atoms with van der Waals surface area (Å²) in [5.41, 5.74) is 1.56. The third kappa shape index (κ3) is 1.03. The van der Waals surface area contributed by atoms with Crippen LogP contribution >= 0.6 is 0 Å². The maximum Gasteiger partial charge on any atom is 0.0179 e. The van der Waals surface area contributed by atoms with Gasteiger partial charge in [0.1, 0.15) is 0 Å². The zero-order chi connectivity index (χ0) is 5.98. The van der Waals surface area contributed by atoms with Gasteiger partial charge in [0.15, 0.2) is 0 Å². The van der Waals surface area contributed by atoms with Crippen LogP contribution in [0, 0.1) is 5.92 Å². The van der Waals surface area contributed by atoms with Gasteiger partial charge in [-0.15, -0.1) is 0 Å². The molecular formula is C7H13N. The first-order valence-electron chi connectivity index (χ1n) is 3.23. The molecule has 0 unspecified atom stereocenters. The molecule has 1 nitrogen and oxygen atoms in total. The Kier molecular flexibility index (Phi) is 1.56. The molecule has 0 aromatic rings. The summed E-state index contributed by atoms with van der Waals surface area (Å²) >= 11 is 0. The molecule has 1 heterocycles.